The van der Waals surface area contributed by atoms with Crippen molar-refractivity contribution in [3.05, 3.63) is 164 Å². The van der Waals surface area contributed by atoms with E-state index in [-0.39, 0.29) is 0 Å². The lowest BCUT2D eigenvalue weighted by molar-refractivity contribution is 0.673. The van der Waals surface area contributed by atoms with E-state index in [1.165, 1.54) is 16.7 Å². The van der Waals surface area contributed by atoms with Crippen LogP contribution in [0.1, 0.15) is 0 Å². The fraction of sp³-hybridized carbons (Fsp3) is 0. The molecule has 8 rings (SSSR count). The first-order chi connectivity index (χ1) is 20.8. The SMILES string of the molecule is c1ccc(-c2cccc(-c3cccc4oc5c6ccccc6c(N(c6ccccc6)c6ccccc6)cc5c34)c2)cc1. The monoisotopic (exact) mass is 537 g/mol. The molecule has 8 aromatic rings. The first-order valence-corrected chi connectivity index (χ1v) is 14.3. The fourth-order valence-corrected chi connectivity index (χ4v) is 6.13. The van der Waals surface area contributed by atoms with Crippen LogP contribution < -0.4 is 4.90 Å². The van der Waals surface area contributed by atoms with Gasteiger partial charge in [-0.15, -0.1) is 0 Å². The molecule has 0 N–H and O–H groups in total. The van der Waals surface area contributed by atoms with E-state index in [0.29, 0.717) is 0 Å². The number of hydrogen-bond donors (Lipinski definition) is 0. The molecule has 0 bridgehead atoms. The number of anilines is 3. The molecule has 0 amide bonds. The quantitative estimate of drug-likeness (QED) is 0.217. The summed E-state index contributed by atoms with van der Waals surface area (Å²) in [6.45, 7) is 0. The van der Waals surface area contributed by atoms with E-state index in [9.17, 15) is 0 Å². The molecule has 2 heteroatoms. The molecule has 0 aliphatic rings. The lowest BCUT2D eigenvalue weighted by atomic mass is 9.95. The maximum atomic E-state index is 6.67. The second-order valence-electron chi connectivity index (χ2n) is 10.6. The van der Waals surface area contributed by atoms with E-state index >= 15 is 0 Å². The van der Waals surface area contributed by atoms with Crippen molar-refractivity contribution in [2.75, 3.05) is 4.90 Å². The number of rotatable bonds is 5. The molecule has 0 aliphatic carbocycles. The molecule has 0 unspecified atom stereocenters. The molecule has 2 nitrogen and oxygen atoms in total. The summed E-state index contributed by atoms with van der Waals surface area (Å²) in [6, 6.07) is 57.8. The van der Waals surface area contributed by atoms with E-state index in [1.54, 1.807) is 0 Å². The lowest BCUT2D eigenvalue weighted by Gasteiger charge is -2.27. The van der Waals surface area contributed by atoms with Gasteiger partial charge in [-0.2, -0.15) is 0 Å². The highest BCUT2D eigenvalue weighted by molar-refractivity contribution is 6.22. The van der Waals surface area contributed by atoms with Crippen LogP contribution in [0.2, 0.25) is 0 Å². The Balaban J connectivity index is 1.43. The third-order valence-electron chi connectivity index (χ3n) is 8.03. The normalized spacial score (nSPS) is 11.3. The third kappa shape index (κ3) is 4.05. The van der Waals surface area contributed by atoms with Gasteiger partial charge in [0.15, 0.2) is 0 Å². The van der Waals surface area contributed by atoms with Gasteiger partial charge in [-0.05, 0) is 64.7 Å². The summed E-state index contributed by atoms with van der Waals surface area (Å²) >= 11 is 0. The molecular formula is C40H27NO. The Morgan fingerprint density at radius 3 is 1.69 bits per heavy atom. The highest BCUT2D eigenvalue weighted by Gasteiger charge is 2.21. The second-order valence-corrected chi connectivity index (χ2v) is 10.6. The van der Waals surface area contributed by atoms with Crippen molar-refractivity contribution in [3.63, 3.8) is 0 Å². The van der Waals surface area contributed by atoms with Crippen molar-refractivity contribution in [3.8, 4) is 22.3 Å². The minimum atomic E-state index is 0.890. The minimum Gasteiger partial charge on any atom is -0.455 e. The Morgan fingerprint density at radius 2 is 0.976 bits per heavy atom. The van der Waals surface area contributed by atoms with Gasteiger partial charge < -0.3 is 9.32 Å². The van der Waals surface area contributed by atoms with Gasteiger partial charge in [0.2, 0.25) is 0 Å². The molecular weight excluding hydrogens is 510 g/mol. The third-order valence-corrected chi connectivity index (χ3v) is 8.03. The summed E-state index contributed by atoms with van der Waals surface area (Å²) in [7, 11) is 0. The summed E-state index contributed by atoms with van der Waals surface area (Å²) in [5.41, 5.74) is 9.87. The van der Waals surface area contributed by atoms with E-state index in [4.69, 9.17) is 4.42 Å². The average molecular weight is 538 g/mol. The first-order valence-electron chi connectivity index (χ1n) is 14.3. The van der Waals surface area contributed by atoms with Crippen molar-refractivity contribution in [1.29, 1.82) is 0 Å². The molecule has 7 aromatic carbocycles. The lowest BCUT2D eigenvalue weighted by Crippen LogP contribution is -2.10. The molecule has 0 atom stereocenters. The van der Waals surface area contributed by atoms with Gasteiger partial charge in [-0.3, -0.25) is 0 Å². The molecule has 1 heterocycles. The Kier molecular flexibility index (Phi) is 5.82. The average Bonchev–Trinajstić information content (AvgIpc) is 3.46. The number of furan rings is 1. The van der Waals surface area contributed by atoms with E-state index < -0.39 is 0 Å². The number of hydrogen-bond acceptors (Lipinski definition) is 2. The van der Waals surface area contributed by atoms with Gasteiger partial charge >= 0.3 is 0 Å². The summed E-state index contributed by atoms with van der Waals surface area (Å²) in [6.07, 6.45) is 0. The zero-order chi connectivity index (χ0) is 27.9. The topological polar surface area (TPSA) is 16.4 Å². The van der Waals surface area contributed by atoms with Crippen LogP contribution >= 0.6 is 0 Å². The number of nitrogens with zero attached hydrogens (tertiary/aromatic N) is 1. The van der Waals surface area contributed by atoms with E-state index in [2.05, 4.69) is 169 Å². The molecule has 42 heavy (non-hydrogen) atoms. The van der Waals surface area contributed by atoms with Crippen LogP contribution in [0.25, 0.3) is 55.0 Å². The Morgan fingerprint density at radius 1 is 0.405 bits per heavy atom. The zero-order valence-electron chi connectivity index (χ0n) is 22.9. The predicted octanol–water partition coefficient (Wildman–Crippen LogP) is 11.5. The summed E-state index contributed by atoms with van der Waals surface area (Å²) in [4.78, 5) is 2.35. The molecule has 198 valence electrons. The smallest absolute Gasteiger partial charge is 0.143 e. The molecule has 0 aliphatic heterocycles. The molecule has 0 radical (unpaired) electrons. The van der Waals surface area contributed by atoms with Crippen molar-refractivity contribution in [1.82, 2.24) is 0 Å². The maximum Gasteiger partial charge on any atom is 0.143 e. The van der Waals surface area contributed by atoms with Crippen molar-refractivity contribution in [2.45, 2.75) is 0 Å². The van der Waals surface area contributed by atoms with Crippen LogP contribution in [0.3, 0.4) is 0 Å². The molecule has 0 fully saturated rings. The predicted molar refractivity (Wildman–Crippen MR) is 177 cm³/mol. The van der Waals surface area contributed by atoms with Crippen LogP contribution in [-0.4, -0.2) is 0 Å². The number of fused-ring (bicyclic) bond motifs is 5. The highest BCUT2D eigenvalue weighted by atomic mass is 16.3. The van der Waals surface area contributed by atoms with E-state index in [1.807, 2.05) is 0 Å². The van der Waals surface area contributed by atoms with Gasteiger partial charge in [0.25, 0.3) is 0 Å². The van der Waals surface area contributed by atoms with Crippen molar-refractivity contribution < 1.29 is 4.42 Å². The number of benzene rings is 7. The Hall–Kier alpha value is -5.60. The largest absolute Gasteiger partial charge is 0.455 e. The zero-order valence-corrected chi connectivity index (χ0v) is 22.9. The van der Waals surface area contributed by atoms with E-state index in [0.717, 1.165) is 55.3 Å². The summed E-state index contributed by atoms with van der Waals surface area (Å²) in [5, 5.41) is 4.48. The number of para-hydroxylation sites is 2. The second kappa shape index (κ2) is 10.1. The molecule has 0 spiro atoms. The van der Waals surface area contributed by atoms with Gasteiger partial charge in [0.05, 0.1) is 5.69 Å². The standard InChI is InChI=1S/C40H27NO/c1-4-14-28(15-5-1)29-16-12-17-30(26-29)33-24-13-25-38-39(33)36-27-37(34-22-10-11-23-35(34)40(36)42-38)41(31-18-6-2-7-19-31)32-20-8-3-9-21-32/h1-27H. The van der Waals surface area contributed by atoms with Gasteiger partial charge in [0.1, 0.15) is 11.2 Å². The van der Waals surface area contributed by atoms with Gasteiger partial charge in [-0.25, -0.2) is 0 Å². The van der Waals surface area contributed by atoms with Crippen LogP contribution in [0.4, 0.5) is 17.1 Å². The van der Waals surface area contributed by atoms with Crippen LogP contribution in [0, 0.1) is 0 Å². The minimum absolute atomic E-state index is 0.890. The molecule has 1 aromatic heterocycles. The van der Waals surface area contributed by atoms with Crippen molar-refractivity contribution in [2.24, 2.45) is 0 Å². The Labute approximate surface area is 244 Å². The first kappa shape index (κ1) is 24.2. The fourth-order valence-electron chi connectivity index (χ4n) is 6.13. The molecule has 0 saturated carbocycles. The van der Waals surface area contributed by atoms with Crippen LogP contribution in [0.15, 0.2) is 168 Å². The van der Waals surface area contributed by atoms with Crippen LogP contribution in [-0.2, 0) is 0 Å². The molecule has 0 saturated heterocycles. The Bertz CT molecular complexity index is 2140. The summed E-state index contributed by atoms with van der Waals surface area (Å²) in [5.74, 6) is 0. The van der Waals surface area contributed by atoms with Gasteiger partial charge in [0, 0.05) is 32.9 Å². The maximum absolute atomic E-state index is 6.67. The van der Waals surface area contributed by atoms with Crippen LogP contribution in [0.5, 0.6) is 0 Å². The van der Waals surface area contributed by atoms with Gasteiger partial charge in [-0.1, -0.05) is 121 Å². The summed E-state index contributed by atoms with van der Waals surface area (Å²) < 4.78 is 6.67. The highest BCUT2D eigenvalue weighted by Crippen LogP contribution is 2.46. The van der Waals surface area contributed by atoms with Crippen molar-refractivity contribution >= 4 is 49.8 Å².